The van der Waals surface area contributed by atoms with Gasteiger partial charge in [0.15, 0.2) is 5.60 Å². The van der Waals surface area contributed by atoms with Gasteiger partial charge >= 0.3 is 5.97 Å². The van der Waals surface area contributed by atoms with E-state index in [2.05, 4.69) is 0 Å². The molecule has 0 saturated heterocycles. The Kier molecular flexibility index (Phi) is 2.67. The van der Waals surface area contributed by atoms with E-state index in [0.717, 1.165) is 0 Å². The Labute approximate surface area is 103 Å². The van der Waals surface area contributed by atoms with Crippen molar-refractivity contribution >= 4 is 17.8 Å². The summed E-state index contributed by atoms with van der Waals surface area (Å²) < 4.78 is 0. The van der Waals surface area contributed by atoms with Gasteiger partial charge in [0.25, 0.3) is 11.8 Å². The highest BCUT2D eigenvalue weighted by atomic mass is 16.7. The van der Waals surface area contributed by atoms with E-state index in [4.69, 9.17) is 9.94 Å². The lowest BCUT2D eigenvalue weighted by Crippen LogP contribution is -2.44. The van der Waals surface area contributed by atoms with Crippen molar-refractivity contribution in [2.24, 2.45) is 0 Å². The van der Waals surface area contributed by atoms with Crippen molar-refractivity contribution in [1.82, 2.24) is 5.06 Å². The van der Waals surface area contributed by atoms with E-state index in [9.17, 15) is 14.4 Å². The Balaban J connectivity index is 2.32. The number of carboxylic acid groups (broad SMARTS) is 1. The highest BCUT2D eigenvalue weighted by molar-refractivity contribution is 6.20. The van der Waals surface area contributed by atoms with Crippen molar-refractivity contribution in [2.75, 3.05) is 0 Å². The molecule has 0 fully saturated rings. The highest BCUT2D eigenvalue weighted by Gasteiger charge is 2.42. The third kappa shape index (κ3) is 1.76. The van der Waals surface area contributed by atoms with E-state index in [0.29, 0.717) is 5.06 Å². The molecule has 2 amide bonds. The van der Waals surface area contributed by atoms with Gasteiger partial charge in [-0.05, 0) is 26.0 Å². The molecule has 0 atom stereocenters. The van der Waals surface area contributed by atoms with Crippen molar-refractivity contribution in [3.8, 4) is 0 Å². The number of imide groups is 1. The maximum absolute atomic E-state index is 11.9. The Morgan fingerprint density at radius 1 is 1.17 bits per heavy atom. The molecule has 1 aliphatic rings. The van der Waals surface area contributed by atoms with Crippen LogP contribution in [-0.2, 0) is 9.63 Å². The molecule has 1 N–H and O–H groups in total. The Morgan fingerprint density at radius 3 is 2.00 bits per heavy atom. The monoisotopic (exact) mass is 249 g/mol. The van der Waals surface area contributed by atoms with Gasteiger partial charge in [-0.15, -0.1) is 5.06 Å². The lowest BCUT2D eigenvalue weighted by atomic mass is 10.1. The Hall–Kier alpha value is -2.21. The summed E-state index contributed by atoms with van der Waals surface area (Å²) in [6, 6.07) is 6.23. The van der Waals surface area contributed by atoms with E-state index in [1.54, 1.807) is 12.1 Å². The number of rotatable bonds is 3. The number of nitrogens with zero attached hydrogens (tertiary/aromatic N) is 1. The molecular formula is C12H11NO5. The first-order chi connectivity index (χ1) is 8.34. The van der Waals surface area contributed by atoms with Crippen LogP contribution < -0.4 is 0 Å². The first kappa shape index (κ1) is 12.3. The van der Waals surface area contributed by atoms with Gasteiger partial charge in [-0.1, -0.05) is 12.1 Å². The van der Waals surface area contributed by atoms with Gasteiger partial charge in [-0.3, -0.25) is 9.59 Å². The summed E-state index contributed by atoms with van der Waals surface area (Å²) in [6.07, 6.45) is 0. The van der Waals surface area contributed by atoms with Crippen molar-refractivity contribution in [2.45, 2.75) is 19.4 Å². The van der Waals surface area contributed by atoms with Gasteiger partial charge in [0, 0.05) is 0 Å². The zero-order chi connectivity index (χ0) is 13.5. The average molecular weight is 249 g/mol. The van der Waals surface area contributed by atoms with Crippen LogP contribution >= 0.6 is 0 Å². The van der Waals surface area contributed by atoms with Gasteiger partial charge in [-0.25, -0.2) is 9.63 Å². The van der Waals surface area contributed by atoms with Crippen LogP contribution in [0, 0.1) is 0 Å². The summed E-state index contributed by atoms with van der Waals surface area (Å²) in [5.74, 6) is -2.56. The number of fused-ring (bicyclic) bond motifs is 1. The fraction of sp³-hybridized carbons (Fsp3) is 0.250. The smallest absolute Gasteiger partial charge is 0.338 e. The predicted molar refractivity (Wildman–Crippen MR) is 59.7 cm³/mol. The molecule has 1 aromatic carbocycles. The van der Waals surface area contributed by atoms with E-state index in [1.807, 2.05) is 0 Å². The molecule has 0 saturated carbocycles. The summed E-state index contributed by atoms with van der Waals surface area (Å²) >= 11 is 0. The Morgan fingerprint density at radius 2 is 1.61 bits per heavy atom. The zero-order valence-electron chi connectivity index (χ0n) is 9.84. The lowest BCUT2D eigenvalue weighted by molar-refractivity contribution is -0.198. The van der Waals surface area contributed by atoms with E-state index >= 15 is 0 Å². The molecule has 18 heavy (non-hydrogen) atoms. The molecule has 6 heteroatoms. The van der Waals surface area contributed by atoms with Crippen LogP contribution in [-0.4, -0.2) is 33.6 Å². The molecule has 0 radical (unpaired) electrons. The second-order valence-corrected chi connectivity index (χ2v) is 4.36. The van der Waals surface area contributed by atoms with Gasteiger partial charge in [-0.2, -0.15) is 0 Å². The van der Waals surface area contributed by atoms with Crippen LogP contribution in [0.3, 0.4) is 0 Å². The average Bonchev–Trinajstić information content (AvgIpc) is 2.55. The van der Waals surface area contributed by atoms with Crippen molar-refractivity contribution in [1.29, 1.82) is 0 Å². The summed E-state index contributed by atoms with van der Waals surface area (Å²) in [5, 5.41) is 9.42. The van der Waals surface area contributed by atoms with Gasteiger partial charge < -0.3 is 5.11 Å². The molecule has 0 aliphatic carbocycles. The minimum absolute atomic E-state index is 0.212. The lowest BCUT2D eigenvalue weighted by Gasteiger charge is -2.24. The zero-order valence-corrected chi connectivity index (χ0v) is 9.84. The molecule has 2 rings (SSSR count). The molecule has 1 aliphatic heterocycles. The molecular weight excluding hydrogens is 238 g/mol. The number of hydroxylamine groups is 2. The highest BCUT2D eigenvalue weighted by Crippen LogP contribution is 2.25. The van der Waals surface area contributed by atoms with Crippen LogP contribution in [0.1, 0.15) is 34.6 Å². The molecule has 6 nitrogen and oxygen atoms in total. The summed E-state index contributed by atoms with van der Waals surface area (Å²) in [7, 11) is 0. The van der Waals surface area contributed by atoms with E-state index < -0.39 is 23.4 Å². The summed E-state index contributed by atoms with van der Waals surface area (Å²) in [5.41, 5.74) is -1.24. The standard InChI is InChI=1S/C12H11NO5/c1-12(2,11(16)17)18-13-9(14)7-5-3-4-6-8(7)10(13)15/h3-6H,1-2H3,(H,16,17). The molecule has 0 unspecified atom stereocenters. The quantitative estimate of drug-likeness (QED) is 0.810. The minimum Gasteiger partial charge on any atom is -0.479 e. The number of carbonyl (C=O) groups excluding carboxylic acids is 2. The maximum atomic E-state index is 11.9. The third-order valence-corrected chi connectivity index (χ3v) is 2.59. The number of carboxylic acids is 1. The molecule has 94 valence electrons. The van der Waals surface area contributed by atoms with Crippen LogP contribution in [0.4, 0.5) is 0 Å². The first-order valence-corrected chi connectivity index (χ1v) is 5.25. The molecule has 0 bridgehead atoms. The number of amides is 2. The largest absolute Gasteiger partial charge is 0.479 e. The second-order valence-electron chi connectivity index (χ2n) is 4.36. The number of hydrogen-bond donors (Lipinski definition) is 1. The van der Waals surface area contributed by atoms with Gasteiger partial charge in [0.1, 0.15) is 0 Å². The van der Waals surface area contributed by atoms with E-state index in [-0.39, 0.29) is 11.1 Å². The molecule has 1 heterocycles. The summed E-state index contributed by atoms with van der Waals surface area (Å²) in [4.78, 5) is 39.7. The van der Waals surface area contributed by atoms with Crippen LogP contribution in [0.25, 0.3) is 0 Å². The fourth-order valence-corrected chi connectivity index (χ4v) is 1.52. The first-order valence-electron chi connectivity index (χ1n) is 5.25. The van der Waals surface area contributed by atoms with Gasteiger partial charge in [0.2, 0.25) is 0 Å². The van der Waals surface area contributed by atoms with Crippen LogP contribution in [0.2, 0.25) is 0 Å². The maximum Gasteiger partial charge on any atom is 0.338 e. The molecule has 1 aromatic rings. The topological polar surface area (TPSA) is 83.9 Å². The fourth-order valence-electron chi connectivity index (χ4n) is 1.52. The normalized spacial score (nSPS) is 14.9. The molecule has 0 spiro atoms. The number of aliphatic carboxylic acids is 1. The Bertz CT molecular complexity index is 514. The third-order valence-electron chi connectivity index (χ3n) is 2.59. The minimum atomic E-state index is -1.66. The van der Waals surface area contributed by atoms with Crippen molar-refractivity contribution in [3.63, 3.8) is 0 Å². The van der Waals surface area contributed by atoms with Gasteiger partial charge in [0.05, 0.1) is 11.1 Å². The number of carbonyl (C=O) groups is 3. The SMILES string of the molecule is CC(C)(ON1C(=O)c2ccccc2C1=O)C(=O)O. The number of benzene rings is 1. The van der Waals surface area contributed by atoms with Crippen molar-refractivity contribution in [3.05, 3.63) is 35.4 Å². The van der Waals surface area contributed by atoms with Crippen molar-refractivity contribution < 1.29 is 24.3 Å². The predicted octanol–water partition coefficient (Wildman–Crippen LogP) is 1.08. The second kappa shape index (κ2) is 3.92. The van der Waals surface area contributed by atoms with E-state index in [1.165, 1.54) is 26.0 Å². The number of hydrogen-bond acceptors (Lipinski definition) is 4. The summed E-state index contributed by atoms with van der Waals surface area (Å²) in [6.45, 7) is 2.53. The molecule has 0 aromatic heterocycles. The van der Waals surface area contributed by atoms with Crippen LogP contribution in [0.5, 0.6) is 0 Å². The van der Waals surface area contributed by atoms with Crippen LogP contribution in [0.15, 0.2) is 24.3 Å².